The molecule has 2 aromatic carbocycles. The minimum absolute atomic E-state index is 0.197. The van der Waals surface area contributed by atoms with Crippen LogP contribution in [0.5, 0.6) is 23.0 Å². The lowest BCUT2D eigenvalue weighted by atomic mass is 10.2. The number of amides is 1. The molecule has 0 spiro atoms. The molecule has 0 aromatic heterocycles. The monoisotopic (exact) mass is 397 g/mol. The van der Waals surface area contributed by atoms with Crippen molar-refractivity contribution < 1.29 is 23.7 Å². The zero-order valence-corrected chi connectivity index (χ0v) is 16.9. The third-order valence-electron chi connectivity index (χ3n) is 4.23. The highest BCUT2D eigenvalue weighted by molar-refractivity contribution is 5.91. The molecule has 1 heterocycles. The predicted octanol–water partition coefficient (Wildman–Crippen LogP) is 3.84. The van der Waals surface area contributed by atoms with E-state index in [1.54, 1.807) is 6.08 Å². The molecule has 1 amide bonds. The molecule has 29 heavy (non-hydrogen) atoms. The van der Waals surface area contributed by atoms with Crippen LogP contribution in [0.3, 0.4) is 0 Å². The fraction of sp³-hybridized carbons (Fsp3) is 0.348. The lowest BCUT2D eigenvalue weighted by Gasteiger charge is -2.26. The number of rotatable bonds is 9. The summed E-state index contributed by atoms with van der Waals surface area (Å²) in [6.45, 7) is 5.93. The number of carbonyl (C=O) groups excluding carboxylic acids is 1. The number of carbonyl (C=O) groups is 1. The molecule has 1 aliphatic rings. The molecule has 1 N–H and O–H groups in total. The molecule has 2 aromatic rings. The Labute approximate surface area is 171 Å². The molecule has 6 nitrogen and oxygen atoms in total. The van der Waals surface area contributed by atoms with Gasteiger partial charge >= 0.3 is 0 Å². The molecule has 3 rings (SSSR count). The third kappa shape index (κ3) is 5.91. The van der Waals surface area contributed by atoms with Crippen molar-refractivity contribution in [3.8, 4) is 23.0 Å². The molecule has 0 bridgehead atoms. The van der Waals surface area contributed by atoms with E-state index in [0.717, 1.165) is 17.7 Å². The predicted molar refractivity (Wildman–Crippen MR) is 112 cm³/mol. The summed E-state index contributed by atoms with van der Waals surface area (Å²) >= 11 is 0. The van der Waals surface area contributed by atoms with Gasteiger partial charge in [-0.05, 0) is 49.2 Å². The van der Waals surface area contributed by atoms with E-state index < -0.39 is 0 Å². The Morgan fingerprint density at radius 3 is 2.76 bits per heavy atom. The first-order valence-electron chi connectivity index (χ1n) is 9.93. The van der Waals surface area contributed by atoms with Crippen molar-refractivity contribution in [1.82, 2.24) is 5.32 Å². The number of nitrogens with one attached hydrogen (secondary N) is 1. The number of ether oxygens (including phenoxy) is 4. The molecule has 0 saturated heterocycles. The van der Waals surface area contributed by atoms with Crippen molar-refractivity contribution in [2.24, 2.45) is 0 Å². The van der Waals surface area contributed by atoms with Gasteiger partial charge in [0.25, 0.3) is 0 Å². The number of hydrogen-bond donors (Lipinski definition) is 1. The van der Waals surface area contributed by atoms with Crippen LogP contribution in [-0.2, 0) is 4.79 Å². The SMILES string of the molecule is CCCOc1ccc(/C=C/C(=O)NCC2COc3ccccc3O2)cc1OCC. The van der Waals surface area contributed by atoms with Crippen molar-refractivity contribution in [3.63, 3.8) is 0 Å². The first kappa shape index (κ1) is 20.6. The molecule has 1 aliphatic heterocycles. The van der Waals surface area contributed by atoms with Crippen molar-refractivity contribution >= 4 is 12.0 Å². The van der Waals surface area contributed by atoms with Crippen molar-refractivity contribution in [2.45, 2.75) is 26.4 Å². The van der Waals surface area contributed by atoms with Gasteiger partial charge in [-0.15, -0.1) is 0 Å². The molecule has 1 unspecified atom stereocenters. The summed E-state index contributed by atoms with van der Waals surface area (Å²) in [5.41, 5.74) is 0.860. The average Bonchev–Trinajstić information content (AvgIpc) is 2.75. The highest BCUT2D eigenvalue weighted by Gasteiger charge is 2.20. The van der Waals surface area contributed by atoms with Crippen LogP contribution in [0.15, 0.2) is 48.5 Å². The van der Waals surface area contributed by atoms with E-state index in [9.17, 15) is 4.79 Å². The van der Waals surface area contributed by atoms with E-state index >= 15 is 0 Å². The molecule has 0 aliphatic carbocycles. The van der Waals surface area contributed by atoms with Crippen LogP contribution in [0.4, 0.5) is 0 Å². The van der Waals surface area contributed by atoms with Gasteiger partial charge in [-0.3, -0.25) is 4.79 Å². The first-order valence-corrected chi connectivity index (χ1v) is 9.93. The number of fused-ring (bicyclic) bond motifs is 1. The molecule has 154 valence electrons. The summed E-state index contributed by atoms with van der Waals surface area (Å²) in [7, 11) is 0. The van der Waals surface area contributed by atoms with Crippen LogP contribution in [0.25, 0.3) is 6.08 Å². The topological polar surface area (TPSA) is 66.0 Å². The lowest BCUT2D eigenvalue weighted by Crippen LogP contribution is -2.40. The van der Waals surface area contributed by atoms with Gasteiger partial charge in [0.05, 0.1) is 19.8 Å². The second kappa shape index (κ2) is 10.4. The van der Waals surface area contributed by atoms with Gasteiger partial charge in [0.2, 0.25) is 5.91 Å². The van der Waals surface area contributed by atoms with Crippen molar-refractivity contribution in [2.75, 3.05) is 26.4 Å². The van der Waals surface area contributed by atoms with Crippen LogP contribution >= 0.6 is 0 Å². The maximum absolute atomic E-state index is 12.2. The fourth-order valence-electron chi connectivity index (χ4n) is 2.84. The third-order valence-corrected chi connectivity index (χ3v) is 4.23. The Balaban J connectivity index is 1.53. The summed E-state index contributed by atoms with van der Waals surface area (Å²) in [4.78, 5) is 12.2. The molecular weight excluding hydrogens is 370 g/mol. The minimum atomic E-state index is -0.221. The highest BCUT2D eigenvalue weighted by atomic mass is 16.6. The van der Waals surface area contributed by atoms with Crippen LogP contribution in [0.1, 0.15) is 25.8 Å². The largest absolute Gasteiger partial charge is 0.490 e. The van der Waals surface area contributed by atoms with Gasteiger partial charge in [0.15, 0.2) is 23.0 Å². The van der Waals surface area contributed by atoms with E-state index in [4.69, 9.17) is 18.9 Å². The molecule has 0 radical (unpaired) electrons. The van der Waals surface area contributed by atoms with E-state index in [1.165, 1.54) is 6.08 Å². The zero-order valence-electron chi connectivity index (χ0n) is 16.9. The van der Waals surface area contributed by atoms with Crippen molar-refractivity contribution in [3.05, 3.63) is 54.1 Å². The Kier molecular flexibility index (Phi) is 7.39. The average molecular weight is 397 g/mol. The van der Waals surface area contributed by atoms with Crippen LogP contribution in [0, 0.1) is 0 Å². The van der Waals surface area contributed by atoms with Gasteiger partial charge < -0.3 is 24.3 Å². The summed E-state index contributed by atoms with van der Waals surface area (Å²) in [6.07, 6.45) is 3.95. The minimum Gasteiger partial charge on any atom is -0.490 e. The summed E-state index contributed by atoms with van der Waals surface area (Å²) in [5.74, 6) is 2.62. The molecular formula is C23H27NO5. The normalized spacial score (nSPS) is 15.2. The molecule has 6 heteroatoms. The second-order valence-corrected chi connectivity index (χ2v) is 6.56. The Bertz CT molecular complexity index is 849. The van der Waals surface area contributed by atoms with Gasteiger partial charge in [-0.1, -0.05) is 25.1 Å². The Hall–Kier alpha value is -3.15. The standard InChI is InChI=1S/C23H27NO5/c1-3-13-27-20-11-9-17(14-22(20)26-4-2)10-12-23(25)24-15-18-16-28-19-7-5-6-8-21(19)29-18/h5-12,14,18H,3-4,13,15-16H2,1-2H3,(H,24,25)/b12-10+. The van der Waals surface area contributed by atoms with Crippen LogP contribution in [-0.4, -0.2) is 38.4 Å². The number of benzene rings is 2. The maximum Gasteiger partial charge on any atom is 0.244 e. The maximum atomic E-state index is 12.2. The number of para-hydroxylation sites is 2. The Morgan fingerprint density at radius 1 is 1.14 bits per heavy atom. The van der Waals surface area contributed by atoms with Gasteiger partial charge in [0, 0.05) is 6.08 Å². The van der Waals surface area contributed by atoms with E-state index in [1.807, 2.05) is 49.4 Å². The van der Waals surface area contributed by atoms with E-state index in [2.05, 4.69) is 12.2 Å². The van der Waals surface area contributed by atoms with Crippen LogP contribution < -0.4 is 24.3 Å². The van der Waals surface area contributed by atoms with Crippen LogP contribution in [0.2, 0.25) is 0 Å². The molecule has 0 fully saturated rings. The fourth-order valence-corrected chi connectivity index (χ4v) is 2.84. The van der Waals surface area contributed by atoms with Gasteiger partial charge in [0.1, 0.15) is 12.7 Å². The van der Waals surface area contributed by atoms with Gasteiger partial charge in [-0.25, -0.2) is 0 Å². The summed E-state index contributed by atoms with van der Waals surface area (Å²) in [6, 6.07) is 13.1. The quantitative estimate of drug-likeness (QED) is 0.651. The summed E-state index contributed by atoms with van der Waals surface area (Å²) < 4.78 is 22.8. The lowest BCUT2D eigenvalue weighted by molar-refractivity contribution is -0.116. The van der Waals surface area contributed by atoms with Crippen molar-refractivity contribution in [1.29, 1.82) is 0 Å². The number of hydrogen-bond acceptors (Lipinski definition) is 5. The summed E-state index contributed by atoms with van der Waals surface area (Å²) in [5, 5.41) is 2.85. The van der Waals surface area contributed by atoms with E-state index in [-0.39, 0.29) is 12.0 Å². The molecule has 1 atom stereocenters. The first-order chi connectivity index (χ1) is 14.2. The Morgan fingerprint density at radius 2 is 1.97 bits per heavy atom. The van der Waals surface area contributed by atoms with Gasteiger partial charge in [-0.2, -0.15) is 0 Å². The smallest absolute Gasteiger partial charge is 0.244 e. The second-order valence-electron chi connectivity index (χ2n) is 6.56. The highest BCUT2D eigenvalue weighted by Crippen LogP contribution is 2.31. The molecule has 0 saturated carbocycles. The zero-order chi connectivity index (χ0) is 20.5. The van der Waals surface area contributed by atoms with E-state index in [0.29, 0.717) is 43.6 Å².